The molecule has 138 valence electrons. The molecule has 3 heterocycles. The first kappa shape index (κ1) is 17.1. The van der Waals surface area contributed by atoms with Gasteiger partial charge in [-0.1, -0.05) is 53.3 Å². The normalized spacial score (nSPS) is 11.4. The van der Waals surface area contributed by atoms with Crippen LogP contribution in [0.25, 0.3) is 21.2 Å². The lowest BCUT2D eigenvalue weighted by molar-refractivity contribution is 0.845. The molecule has 0 bridgehead atoms. The van der Waals surface area contributed by atoms with Gasteiger partial charge in [-0.15, -0.1) is 10.2 Å². The Hall–Kier alpha value is -3.03. The summed E-state index contributed by atoms with van der Waals surface area (Å²) in [6.07, 6.45) is 2.50. The molecule has 5 rings (SSSR count). The van der Waals surface area contributed by atoms with E-state index in [1.165, 1.54) is 11.3 Å². The van der Waals surface area contributed by atoms with Crippen LogP contribution in [0.1, 0.15) is 17.1 Å². The van der Waals surface area contributed by atoms with E-state index < -0.39 is 0 Å². The molecule has 2 aromatic carbocycles. The Morgan fingerprint density at radius 3 is 2.57 bits per heavy atom. The second kappa shape index (κ2) is 6.85. The third-order valence-electron chi connectivity index (χ3n) is 4.57. The van der Waals surface area contributed by atoms with Crippen molar-refractivity contribution in [2.75, 3.05) is 0 Å². The van der Waals surface area contributed by atoms with Crippen molar-refractivity contribution in [3.8, 4) is 16.3 Å². The Bertz CT molecular complexity index is 1250. The molecule has 0 N–H and O–H groups in total. The van der Waals surface area contributed by atoms with Crippen molar-refractivity contribution < 1.29 is 0 Å². The SMILES string of the molecule is Cc1c(-c2nn3c(Cc4ccc(Cl)cc4)nnc3s2)cnn1-c1ccccc1. The van der Waals surface area contributed by atoms with Gasteiger partial charge in [0, 0.05) is 11.4 Å². The van der Waals surface area contributed by atoms with Crippen molar-refractivity contribution in [2.45, 2.75) is 13.3 Å². The minimum absolute atomic E-state index is 0.643. The number of benzene rings is 2. The standard InChI is InChI=1S/C20H15ClN6S/c1-13-17(12-22-26(13)16-5-3-2-4-6-16)19-25-27-18(23-24-20(27)28-19)11-14-7-9-15(21)10-8-14/h2-10,12H,11H2,1H3. The smallest absolute Gasteiger partial charge is 0.234 e. The van der Waals surface area contributed by atoms with Crippen molar-refractivity contribution in [3.63, 3.8) is 0 Å². The van der Waals surface area contributed by atoms with Crippen LogP contribution in [0.15, 0.2) is 60.8 Å². The van der Waals surface area contributed by atoms with Crippen molar-refractivity contribution in [1.82, 2.24) is 29.6 Å². The topological polar surface area (TPSA) is 60.9 Å². The van der Waals surface area contributed by atoms with Crippen LogP contribution >= 0.6 is 22.9 Å². The lowest BCUT2D eigenvalue weighted by atomic mass is 10.1. The number of para-hydroxylation sites is 1. The molecule has 28 heavy (non-hydrogen) atoms. The Balaban J connectivity index is 1.50. The lowest BCUT2D eigenvalue weighted by Crippen LogP contribution is -1.99. The molecule has 0 aliphatic carbocycles. The van der Waals surface area contributed by atoms with Gasteiger partial charge in [-0.3, -0.25) is 0 Å². The van der Waals surface area contributed by atoms with E-state index in [0.717, 1.165) is 43.3 Å². The Labute approximate surface area is 170 Å². The van der Waals surface area contributed by atoms with Gasteiger partial charge in [-0.25, -0.2) is 4.68 Å². The van der Waals surface area contributed by atoms with Gasteiger partial charge in [0.05, 0.1) is 23.1 Å². The maximum absolute atomic E-state index is 5.97. The molecule has 0 aliphatic rings. The zero-order chi connectivity index (χ0) is 19.1. The van der Waals surface area contributed by atoms with Gasteiger partial charge in [-0.2, -0.15) is 14.7 Å². The monoisotopic (exact) mass is 406 g/mol. The summed E-state index contributed by atoms with van der Waals surface area (Å²) in [6, 6.07) is 17.8. The number of rotatable bonds is 4. The van der Waals surface area contributed by atoms with Crippen LogP contribution in [-0.4, -0.2) is 29.6 Å². The van der Waals surface area contributed by atoms with E-state index in [9.17, 15) is 0 Å². The third-order valence-corrected chi connectivity index (χ3v) is 5.76. The van der Waals surface area contributed by atoms with Gasteiger partial charge in [0.15, 0.2) is 10.8 Å². The van der Waals surface area contributed by atoms with E-state index in [-0.39, 0.29) is 0 Å². The molecule has 0 saturated carbocycles. The fraction of sp³-hybridized carbons (Fsp3) is 0.100. The first-order valence-corrected chi connectivity index (χ1v) is 9.94. The fourth-order valence-corrected chi connectivity index (χ4v) is 4.16. The van der Waals surface area contributed by atoms with Crippen LogP contribution in [0.3, 0.4) is 0 Å². The molecule has 3 aromatic heterocycles. The number of hydrogen-bond donors (Lipinski definition) is 0. The minimum Gasteiger partial charge on any atom is -0.237 e. The molecular formula is C20H15ClN6S. The zero-order valence-corrected chi connectivity index (χ0v) is 16.5. The van der Waals surface area contributed by atoms with Crippen molar-refractivity contribution >= 4 is 27.9 Å². The van der Waals surface area contributed by atoms with Crippen molar-refractivity contribution in [3.05, 3.63) is 82.9 Å². The predicted molar refractivity (Wildman–Crippen MR) is 110 cm³/mol. The van der Waals surface area contributed by atoms with E-state index in [4.69, 9.17) is 16.7 Å². The van der Waals surface area contributed by atoms with Crippen LogP contribution in [0.4, 0.5) is 0 Å². The summed E-state index contributed by atoms with van der Waals surface area (Å²) in [5.41, 5.74) is 4.17. The van der Waals surface area contributed by atoms with Gasteiger partial charge >= 0.3 is 0 Å². The first-order chi connectivity index (χ1) is 13.7. The first-order valence-electron chi connectivity index (χ1n) is 8.75. The Kier molecular flexibility index (Phi) is 4.18. The number of fused-ring (bicyclic) bond motifs is 1. The van der Waals surface area contributed by atoms with E-state index in [0.29, 0.717) is 6.42 Å². The molecule has 0 radical (unpaired) electrons. The van der Waals surface area contributed by atoms with Crippen LogP contribution in [0.2, 0.25) is 5.02 Å². The summed E-state index contributed by atoms with van der Waals surface area (Å²) in [4.78, 5) is 0.769. The van der Waals surface area contributed by atoms with E-state index in [2.05, 4.69) is 15.3 Å². The average molecular weight is 407 g/mol. The molecule has 5 aromatic rings. The van der Waals surface area contributed by atoms with Gasteiger partial charge < -0.3 is 0 Å². The van der Waals surface area contributed by atoms with Crippen LogP contribution < -0.4 is 0 Å². The Morgan fingerprint density at radius 1 is 1.00 bits per heavy atom. The number of hydrogen-bond acceptors (Lipinski definition) is 5. The molecule has 0 spiro atoms. The highest BCUT2D eigenvalue weighted by Gasteiger charge is 2.17. The molecule has 0 unspecified atom stereocenters. The second-order valence-corrected chi connectivity index (χ2v) is 7.80. The van der Waals surface area contributed by atoms with Crippen molar-refractivity contribution in [2.24, 2.45) is 0 Å². The quantitative estimate of drug-likeness (QED) is 0.438. The third kappa shape index (κ3) is 2.98. The predicted octanol–water partition coefficient (Wildman–Crippen LogP) is 4.59. The number of halogens is 1. The summed E-state index contributed by atoms with van der Waals surface area (Å²) in [7, 11) is 0. The van der Waals surface area contributed by atoms with Gasteiger partial charge in [-0.05, 0) is 36.8 Å². The van der Waals surface area contributed by atoms with E-state index in [1.54, 1.807) is 0 Å². The molecule has 6 nitrogen and oxygen atoms in total. The number of aromatic nitrogens is 6. The van der Waals surface area contributed by atoms with Crippen LogP contribution in [0.5, 0.6) is 0 Å². The molecular weight excluding hydrogens is 392 g/mol. The van der Waals surface area contributed by atoms with Crippen molar-refractivity contribution in [1.29, 1.82) is 0 Å². The fourth-order valence-electron chi connectivity index (χ4n) is 3.11. The minimum atomic E-state index is 0.643. The number of nitrogens with zero attached hydrogens (tertiary/aromatic N) is 6. The summed E-state index contributed by atoms with van der Waals surface area (Å²) < 4.78 is 3.74. The maximum Gasteiger partial charge on any atom is 0.234 e. The Morgan fingerprint density at radius 2 is 1.79 bits per heavy atom. The lowest BCUT2D eigenvalue weighted by Gasteiger charge is -2.04. The van der Waals surface area contributed by atoms with Crippen LogP contribution in [-0.2, 0) is 6.42 Å². The van der Waals surface area contributed by atoms with Crippen LogP contribution in [0, 0.1) is 6.92 Å². The molecule has 0 atom stereocenters. The summed E-state index contributed by atoms with van der Waals surface area (Å²) in [6.45, 7) is 2.05. The molecule has 0 fully saturated rings. The molecule has 8 heteroatoms. The molecule has 0 amide bonds. The summed E-state index contributed by atoms with van der Waals surface area (Å²) >= 11 is 7.48. The highest BCUT2D eigenvalue weighted by atomic mass is 35.5. The van der Waals surface area contributed by atoms with E-state index in [1.807, 2.05) is 76.9 Å². The molecule has 0 saturated heterocycles. The second-order valence-electron chi connectivity index (χ2n) is 6.41. The van der Waals surface area contributed by atoms with E-state index >= 15 is 0 Å². The van der Waals surface area contributed by atoms with Gasteiger partial charge in [0.25, 0.3) is 0 Å². The maximum atomic E-state index is 5.97. The highest BCUT2D eigenvalue weighted by molar-refractivity contribution is 7.19. The largest absolute Gasteiger partial charge is 0.237 e. The zero-order valence-electron chi connectivity index (χ0n) is 15.0. The highest BCUT2D eigenvalue weighted by Crippen LogP contribution is 2.29. The average Bonchev–Trinajstić information content (AvgIpc) is 3.39. The summed E-state index contributed by atoms with van der Waals surface area (Å²) in [5.74, 6) is 0.799. The molecule has 0 aliphatic heterocycles. The van der Waals surface area contributed by atoms with Gasteiger partial charge in [0.2, 0.25) is 4.96 Å². The van der Waals surface area contributed by atoms with Gasteiger partial charge in [0.1, 0.15) is 0 Å². The summed E-state index contributed by atoms with van der Waals surface area (Å²) in [5, 5.41) is 19.5.